The SMILES string of the molecule is Cc1cccc(C(=O)Nc2ccc(C(=O)NCCCO)cc2)c1C. The number of hydrogen-bond acceptors (Lipinski definition) is 3. The Kier molecular flexibility index (Phi) is 6.09. The summed E-state index contributed by atoms with van der Waals surface area (Å²) >= 11 is 0. The van der Waals surface area contributed by atoms with Gasteiger partial charge in [0, 0.05) is 30.0 Å². The Morgan fingerprint density at radius 2 is 1.71 bits per heavy atom. The molecule has 0 unspecified atom stereocenters. The van der Waals surface area contributed by atoms with Gasteiger partial charge in [-0.05, 0) is 61.7 Å². The van der Waals surface area contributed by atoms with Crippen molar-refractivity contribution >= 4 is 17.5 Å². The van der Waals surface area contributed by atoms with Crippen LogP contribution in [0, 0.1) is 13.8 Å². The van der Waals surface area contributed by atoms with Gasteiger partial charge in [-0.15, -0.1) is 0 Å². The molecule has 3 N–H and O–H groups in total. The molecular formula is C19H22N2O3. The van der Waals surface area contributed by atoms with Crippen LogP contribution in [0.1, 0.15) is 38.3 Å². The molecule has 0 aromatic heterocycles. The highest BCUT2D eigenvalue weighted by atomic mass is 16.3. The lowest BCUT2D eigenvalue weighted by molar-refractivity contribution is 0.0950. The van der Waals surface area contributed by atoms with Crippen LogP contribution in [0.25, 0.3) is 0 Å². The average Bonchev–Trinajstić information content (AvgIpc) is 2.58. The predicted molar refractivity (Wildman–Crippen MR) is 94.3 cm³/mol. The van der Waals surface area contributed by atoms with Crippen molar-refractivity contribution in [3.8, 4) is 0 Å². The fraction of sp³-hybridized carbons (Fsp3) is 0.263. The maximum absolute atomic E-state index is 12.4. The molecule has 0 heterocycles. The molecule has 0 aliphatic heterocycles. The van der Waals surface area contributed by atoms with Gasteiger partial charge in [0.05, 0.1) is 0 Å². The van der Waals surface area contributed by atoms with Crippen molar-refractivity contribution in [1.29, 1.82) is 0 Å². The Labute approximate surface area is 141 Å². The Hall–Kier alpha value is -2.66. The third-order valence-electron chi connectivity index (χ3n) is 3.87. The smallest absolute Gasteiger partial charge is 0.255 e. The van der Waals surface area contributed by atoms with Crippen molar-refractivity contribution in [2.24, 2.45) is 0 Å². The van der Waals surface area contributed by atoms with Gasteiger partial charge in [-0.2, -0.15) is 0 Å². The first kappa shape index (κ1) is 17.7. The summed E-state index contributed by atoms with van der Waals surface area (Å²) < 4.78 is 0. The number of benzene rings is 2. The van der Waals surface area contributed by atoms with Gasteiger partial charge in [0.25, 0.3) is 11.8 Å². The third kappa shape index (κ3) is 4.43. The van der Waals surface area contributed by atoms with Crippen LogP contribution in [0.5, 0.6) is 0 Å². The largest absolute Gasteiger partial charge is 0.396 e. The molecule has 0 radical (unpaired) electrons. The van der Waals surface area contributed by atoms with E-state index in [1.807, 2.05) is 26.0 Å². The fourth-order valence-corrected chi connectivity index (χ4v) is 2.28. The number of amides is 2. The summed E-state index contributed by atoms with van der Waals surface area (Å²) in [5, 5.41) is 14.3. The van der Waals surface area contributed by atoms with E-state index in [1.54, 1.807) is 30.3 Å². The number of aliphatic hydroxyl groups is 1. The van der Waals surface area contributed by atoms with Crippen molar-refractivity contribution in [2.75, 3.05) is 18.5 Å². The van der Waals surface area contributed by atoms with Crippen LogP contribution in [0.3, 0.4) is 0 Å². The van der Waals surface area contributed by atoms with Gasteiger partial charge >= 0.3 is 0 Å². The molecule has 0 spiro atoms. The maximum atomic E-state index is 12.4. The number of rotatable bonds is 6. The molecule has 0 aliphatic rings. The monoisotopic (exact) mass is 326 g/mol. The number of hydrogen-bond donors (Lipinski definition) is 3. The van der Waals surface area contributed by atoms with Crippen molar-refractivity contribution in [3.05, 3.63) is 64.7 Å². The van der Waals surface area contributed by atoms with E-state index in [-0.39, 0.29) is 18.4 Å². The molecule has 0 atom stereocenters. The quantitative estimate of drug-likeness (QED) is 0.714. The molecular weight excluding hydrogens is 304 g/mol. The highest BCUT2D eigenvalue weighted by Crippen LogP contribution is 2.16. The molecule has 2 aromatic carbocycles. The van der Waals surface area contributed by atoms with Crippen LogP contribution in [-0.4, -0.2) is 30.1 Å². The predicted octanol–water partition coefficient (Wildman–Crippen LogP) is 2.67. The summed E-state index contributed by atoms with van der Waals surface area (Å²) in [4.78, 5) is 24.2. The molecule has 0 fully saturated rings. The molecule has 5 nitrogen and oxygen atoms in total. The second kappa shape index (κ2) is 8.26. The van der Waals surface area contributed by atoms with Crippen LogP contribution in [-0.2, 0) is 0 Å². The van der Waals surface area contributed by atoms with E-state index in [2.05, 4.69) is 10.6 Å². The Morgan fingerprint density at radius 3 is 2.38 bits per heavy atom. The van der Waals surface area contributed by atoms with Crippen LogP contribution in [0.15, 0.2) is 42.5 Å². The highest BCUT2D eigenvalue weighted by molar-refractivity contribution is 6.05. The molecule has 0 bridgehead atoms. The lowest BCUT2D eigenvalue weighted by Gasteiger charge is -2.10. The molecule has 126 valence electrons. The Bertz CT molecular complexity index is 724. The van der Waals surface area contributed by atoms with E-state index in [9.17, 15) is 9.59 Å². The van der Waals surface area contributed by atoms with E-state index in [4.69, 9.17) is 5.11 Å². The van der Waals surface area contributed by atoms with Gasteiger partial charge in [0.2, 0.25) is 0 Å². The molecule has 0 saturated heterocycles. The van der Waals surface area contributed by atoms with Gasteiger partial charge in [0.15, 0.2) is 0 Å². The zero-order valence-corrected chi connectivity index (χ0v) is 13.9. The summed E-state index contributed by atoms with van der Waals surface area (Å²) in [6, 6.07) is 12.3. The van der Waals surface area contributed by atoms with Crippen LogP contribution in [0.2, 0.25) is 0 Å². The lowest BCUT2D eigenvalue weighted by Crippen LogP contribution is -2.25. The standard InChI is InChI=1S/C19H22N2O3/c1-13-5-3-6-17(14(13)2)19(24)21-16-9-7-15(8-10-16)18(23)20-11-4-12-22/h3,5-10,22H,4,11-12H2,1-2H3,(H,20,23)(H,21,24). The van der Waals surface area contributed by atoms with E-state index >= 15 is 0 Å². The van der Waals surface area contributed by atoms with Crippen molar-refractivity contribution in [3.63, 3.8) is 0 Å². The molecule has 0 saturated carbocycles. The van der Waals surface area contributed by atoms with E-state index in [0.29, 0.717) is 29.8 Å². The van der Waals surface area contributed by atoms with Crippen molar-refractivity contribution < 1.29 is 14.7 Å². The molecule has 2 amide bonds. The normalized spacial score (nSPS) is 10.3. The Balaban J connectivity index is 2.02. The number of carbonyl (C=O) groups is 2. The second-order valence-electron chi connectivity index (χ2n) is 5.61. The molecule has 5 heteroatoms. The minimum atomic E-state index is -0.198. The summed E-state index contributed by atoms with van der Waals surface area (Å²) in [6.45, 7) is 4.37. The van der Waals surface area contributed by atoms with Crippen LogP contribution >= 0.6 is 0 Å². The van der Waals surface area contributed by atoms with Crippen molar-refractivity contribution in [2.45, 2.75) is 20.3 Å². The summed E-state index contributed by atoms with van der Waals surface area (Å²) in [5.74, 6) is -0.368. The zero-order valence-electron chi connectivity index (χ0n) is 13.9. The molecule has 0 aliphatic carbocycles. The van der Waals surface area contributed by atoms with Gasteiger partial charge in [-0.1, -0.05) is 12.1 Å². The number of aliphatic hydroxyl groups excluding tert-OH is 1. The van der Waals surface area contributed by atoms with E-state index < -0.39 is 0 Å². The fourth-order valence-electron chi connectivity index (χ4n) is 2.28. The van der Waals surface area contributed by atoms with Crippen LogP contribution in [0.4, 0.5) is 5.69 Å². The summed E-state index contributed by atoms with van der Waals surface area (Å²) in [5.41, 5.74) is 3.80. The topological polar surface area (TPSA) is 78.4 Å². The highest BCUT2D eigenvalue weighted by Gasteiger charge is 2.11. The number of nitrogens with one attached hydrogen (secondary N) is 2. The molecule has 24 heavy (non-hydrogen) atoms. The average molecular weight is 326 g/mol. The number of aryl methyl sites for hydroxylation is 1. The maximum Gasteiger partial charge on any atom is 0.255 e. The lowest BCUT2D eigenvalue weighted by atomic mass is 10.0. The van der Waals surface area contributed by atoms with E-state index in [1.165, 1.54) is 0 Å². The van der Waals surface area contributed by atoms with E-state index in [0.717, 1.165) is 11.1 Å². The molecule has 2 rings (SSSR count). The minimum Gasteiger partial charge on any atom is -0.396 e. The molecule has 2 aromatic rings. The van der Waals surface area contributed by atoms with Gasteiger partial charge in [0.1, 0.15) is 0 Å². The summed E-state index contributed by atoms with van der Waals surface area (Å²) in [7, 11) is 0. The Morgan fingerprint density at radius 1 is 1.00 bits per heavy atom. The first-order valence-corrected chi connectivity index (χ1v) is 7.89. The zero-order chi connectivity index (χ0) is 17.5. The van der Waals surface area contributed by atoms with Gasteiger partial charge in [-0.25, -0.2) is 0 Å². The summed E-state index contributed by atoms with van der Waals surface area (Å²) in [6.07, 6.45) is 0.524. The van der Waals surface area contributed by atoms with Gasteiger partial charge in [-0.3, -0.25) is 9.59 Å². The number of anilines is 1. The number of carbonyl (C=O) groups excluding carboxylic acids is 2. The third-order valence-corrected chi connectivity index (χ3v) is 3.87. The van der Waals surface area contributed by atoms with Gasteiger partial charge < -0.3 is 15.7 Å². The minimum absolute atomic E-state index is 0.0453. The van der Waals surface area contributed by atoms with Crippen molar-refractivity contribution in [1.82, 2.24) is 5.32 Å². The first-order valence-electron chi connectivity index (χ1n) is 7.89. The second-order valence-corrected chi connectivity index (χ2v) is 5.61. The van der Waals surface area contributed by atoms with Crippen LogP contribution < -0.4 is 10.6 Å². The first-order chi connectivity index (χ1) is 11.5.